The molecule has 0 aromatic heterocycles. The molecule has 0 aromatic rings. The van der Waals surface area contributed by atoms with Crippen molar-refractivity contribution in [2.45, 2.75) is 26.7 Å². The Balaban J connectivity index is -0.000000219. The molecule has 0 heterocycles. The zero-order valence-electron chi connectivity index (χ0n) is 11.1. The fraction of sp³-hybridized carbons (Fsp3) is 0.818. The van der Waals surface area contributed by atoms with Crippen molar-refractivity contribution in [3.63, 3.8) is 0 Å². The summed E-state index contributed by atoms with van der Waals surface area (Å²) in [4.78, 5) is 18.7. The van der Waals surface area contributed by atoms with E-state index in [-0.39, 0.29) is 31.5 Å². The van der Waals surface area contributed by atoms with Gasteiger partial charge in [-0.05, 0) is 0 Å². The Labute approximate surface area is 130 Å². The van der Waals surface area contributed by atoms with Gasteiger partial charge in [-0.3, -0.25) is 9.59 Å². The van der Waals surface area contributed by atoms with Gasteiger partial charge in [0.1, 0.15) is 0 Å². The van der Waals surface area contributed by atoms with Crippen LogP contribution in [-0.4, -0.2) is 56.2 Å². The average molecular weight is 410 g/mol. The number of carboxylic acids is 2. The van der Waals surface area contributed by atoms with Gasteiger partial charge in [-0.15, -0.1) is 0 Å². The third-order valence-corrected chi connectivity index (χ3v) is 4.22. The molecule has 116 valence electrons. The highest BCUT2D eigenvalue weighted by molar-refractivity contribution is 9.09. The molecular weight excluding hydrogens is 388 g/mol. The van der Waals surface area contributed by atoms with Crippen LogP contribution in [0.3, 0.4) is 0 Å². The molecule has 19 heavy (non-hydrogen) atoms. The molecule has 0 rings (SSSR count). The Morgan fingerprint density at radius 2 is 1.11 bits per heavy atom. The molecule has 0 fully saturated rings. The molecule has 0 aliphatic rings. The van der Waals surface area contributed by atoms with Crippen LogP contribution in [0.15, 0.2) is 0 Å². The van der Waals surface area contributed by atoms with Gasteiger partial charge in [0.25, 0.3) is 0 Å². The van der Waals surface area contributed by atoms with Crippen LogP contribution >= 0.6 is 31.9 Å². The Morgan fingerprint density at radius 3 is 1.11 bits per heavy atom. The first-order valence-electron chi connectivity index (χ1n) is 5.56. The van der Waals surface area contributed by atoms with Gasteiger partial charge in [-0.2, -0.15) is 0 Å². The fourth-order valence-electron chi connectivity index (χ4n) is 0.255. The number of aliphatic hydroxyl groups is 2. The number of carbonyl (C=O) groups is 2. The van der Waals surface area contributed by atoms with E-state index in [2.05, 4.69) is 31.9 Å². The molecule has 0 aliphatic carbocycles. The predicted octanol–water partition coefficient (Wildman–Crippen LogP) is 1.71. The van der Waals surface area contributed by atoms with Crippen molar-refractivity contribution < 1.29 is 30.0 Å². The predicted molar refractivity (Wildman–Crippen MR) is 80.0 cm³/mol. The average Bonchev–Trinajstić information content (AvgIpc) is 2.43. The smallest absolute Gasteiger partial charge is 0.303 e. The van der Waals surface area contributed by atoms with Crippen molar-refractivity contribution in [3.8, 4) is 0 Å². The molecular formula is C11H22Br2O6. The largest absolute Gasteiger partial charge is 0.481 e. The summed E-state index contributed by atoms with van der Waals surface area (Å²) in [5.74, 6) is -1.49. The number of carboxylic acid groups (broad SMARTS) is 2. The summed E-state index contributed by atoms with van der Waals surface area (Å²) in [7, 11) is 0. The summed E-state index contributed by atoms with van der Waals surface area (Å²) < 4.78 is 0. The first-order chi connectivity index (χ1) is 8.78. The van der Waals surface area contributed by atoms with E-state index < -0.39 is 11.9 Å². The van der Waals surface area contributed by atoms with Crippen LogP contribution in [0.2, 0.25) is 0 Å². The topological polar surface area (TPSA) is 115 Å². The van der Waals surface area contributed by atoms with E-state index in [1.54, 1.807) is 13.8 Å². The van der Waals surface area contributed by atoms with Crippen LogP contribution in [0.1, 0.15) is 26.7 Å². The number of halogens is 2. The Hall–Kier alpha value is -0.180. The van der Waals surface area contributed by atoms with Gasteiger partial charge in [0.05, 0.1) is 13.2 Å². The lowest BCUT2D eigenvalue weighted by Gasteiger charge is -2.23. The van der Waals surface area contributed by atoms with Crippen LogP contribution in [-0.2, 0) is 9.59 Å². The third kappa shape index (κ3) is 17.8. The molecule has 0 spiro atoms. The van der Waals surface area contributed by atoms with Crippen LogP contribution in [0.4, 0.5) is 0 Å². The van der Waals surface area contributed by atoms with Crippen molar-refractivity contribution in [3.05, 3.63) is 0 Å². The molecule has 0 radical (unpaired) electrons. The minimum absolute atomic E-state index is 0. The van der Waals surface area contributed by atoms with Crippen LogP contribution in [0.5, 0.6) is 0 Å². The van der Waals surface area contributed by atoms with E-state index in [4.69, 9.17) is 20.4 Å². The zero-order valence-corrected chi connectivity index (χ0v) is 14.3. The standard InChI is InChI=1S/C5H10Br2O2.2C3H6O2/c6-1-5(2-7,3-8)4-9;2*1-2-3(4)5/h8-9H,1-4H2;2*2H2,1H3,(H,4,5). The lowest BCUT2D eigenvalue weighted by atomic mass is 9.97. The van der Waals surface area contributed by atoms with Crippen molar-refractivity contribution in [2.24, 2.45) is 5.41 Å². The van der Waals surface area contributed by atoms with Crippen molar-refractivity contribution in [1.29, 1.82) is 0 Å². The summed E-state index contributed by atoms with van der Waals surface area (Å²) in [5.41, 5.74) is -0.389. The lowest BCUT2D eigenvalue weighted by Crippen LogP contribution is -2.33. The zero-order chi connectivity index (χ0) is 15.9. The first-order valence-corrected chi connectivity index (χ1v) is 7.80. The molecule has 0 amide bonds. The van der Waals surface area contributed by atoms with E-state index in [1.807, 2.05) is 0 Å². The summed E-state index contributed by atoms with van der Waals surface area (Å²) >= 11 is 6.41. The second-order valence-electron chi connectivity index (χ2n) is 3.58. The van der Waals surface area contributed by atoms with Crippen LogP contribution in [0.25, 0.3) is 0 Å². The molecule has 0 aromatic carbocycles. The maximum absolute atomic E-state index is 9.37. The number of hydrogen-bond donors (Lipinski definition) is 4. The van der Waals surface area contributed by atoms with Gasteiger partial charge in [0, 0.05) is 28.9 Å². The van der Waals surface area contributed by atoms with Crippen LogP contribution < -0.4 is 0 Å². The van der Waals surface area contributed by atoms with Gasteiger partial charge in [0.2, 0.25) is 0 Å². The summed E-state index contributed by atoms with van der Waals surface area (Å²) in [5, 5.41) is 34.2. The van der Waals surface area contributed by atoms with Crippen molar-refractivity contribution >= 4 is 43.8 Å². The van der Waals surface area contributed by atoms with Gasteiger partial charge in [0.15, 0.2) is 0 Å². The van der Waals surface area contributed by atoms with Gasteiger partial charge in [-0.1, -0.05) is 45.7 Å². The van der Waals surface area contributed by atoms with Gasteiger partial charge < -0.3 is 20.4 Å². The highest BCUT2D eigenvalue weighted by Gasteiger charge is 2.25. The Kier molecular flexibility index (Phi) is 20.0. The minimum atomic E-state index is -0.745. The maximum atomic E-state index is 9.37. The van der Waals surface area contributed by atoms with E-state index in [9.17, 15) is 9.59 Å². The quantitative estimate of drug-likeness (QED) is 0.496. The number of aliphatic hydroxyl groups excluding tert-OH is 2. The SMILES string of the molecule is CCC(=O)O.CCC(=O)O.OCC(CO)(CBr)CBr. The van der Waals surface area contributed by atoms with E-state index in [1.165, 1.54) is 0 Å². The molecule has 8 heteroatoms. The summed E-state index contributed by atoms with van der Waals surface area (Å²) in [6.07, 6.45) is 0.444. The summed E-state index contributed by atoms with van der Waals surface area (Å²) in [6, 6.07) is 0. The fourth-order valence-corrected chi connectivity index (χ4v) is 1.89. The minimum Gasteiger partial charge on any atom is -0.481 e. The Morgan fingerprint density at radius 1 is 0.895 bits per heavy atom. The van der Waals surface area contributed by atoms with E-state index in [0.29, 0.717) is 10.7 Å². The monoisotopic (exact) mass is 408 g/mol. The van der Waals surface area contributed by atoms with E-state index >= 15 is 0 Å². The van der Waals surface area contributed by atoms with Gasteiger partial charge >= 0.3 is 11.9 Å². The van der Waals surface area contributed by atoms with Crippen molar-refractivity contribution in [1.82, 2.24) is 0 Å². The number of rotatable bonds is 6. The molecule has 4 N–H and O–H groups in total. The normalized spacial score (nSPS) is 9.58. The second kappa shape index (κ2) is 15.9. The van der Waals surface area contributed by atoms with Crippen LogP contribution in [0, 0.1) is 5.41 Å². The van der Waals surface area contributed by atoms with Crippen molar-refractivity contribution in [2.75, 3.05) is 23.9 Å². The van der Waals surface area contributed by atoms with E-state index in [0.717, 1.165) is 0 Å². The molecule has 0 aliphatic heterocycles. The highest BCUT2D eigenvalue weighted by Crippen LogP contribution is 2.20. The first kappa shape index (κ1) is 23.9. The second-order valence-corrected chi connectivity index (χ2v) is 4.70. The molecule has 0 atom stereocenters. The van der Waals surface area contributed by atoms with Gasteiger partial charge in [-0.25, -0.2) is 0 Å². The highest BCUT2D eigenvalue weighted by atomic mass is 79.9. The molecule has 0 unspecified atom stereocenters. The summed E-state index contributed by atoms with van der Waals surface area (Å²) in [6.45, 7) is 3.20. The molecule has 0 bridgehead atoms. The molecule has 0 saturated carbocycles. The Bertz CT molecular complexity index is 200. The molecule has 6 nitrogen and oxygen atoms in total. The number of aliphatic carboxylic acids is 2. The number of alkyl halides is 2. The lowest BCUT2D eigenvalue weighted by molar-refractivity contribution is -0.137. The molecule has 0 saturated heterocycles. The maximum Gasteiger partial charge on any atom is 0.303 e. The number of hydrogen-bond acceptors (Lipinski definition) is 4. The third-order valence-electron chi connectivity index (χ3n) is 1.84.